The van der Waals surface area contributed by atoms with E-state index in [0.29, 0.717) is 29.3 Å². The third kappa shape index (κ3) is 3.94. The number of ether oxygens (including phenoxy) is 1. The molecule has 2 aromatic carbocycles. The Kier molecular flexibility index (Phi) is 5.08. The van der Waals surface area contributed by atoms with Crippen molar-refractivity contribution in [2.45, 2.75) is 24.3 Å². The lowest BCUT2D eigenvalue weighted by Crippen LogP contribution is -2.06. The van der Waals surface area contributed by atoms with Crippen molar-refractivity contribution in [1.29, 1.82) is 0 Å². The molecule has 1 aromatic heterocycles. The summed E-state index contributed by atoms with van der Waals surface area (Å²) < 4.78 is 48.5. The molecule has 0 aliphatic carbocycles. The fraction of sp³-hybridized carbons (Fsp3) is 0.211. The highest BCUT2D eigenvalue weighted by Gasteiger charge is 2.20. The molecule has 0 amide bonds. The van der Waals surface area contributed by atoms with Crippen molar-refractivity contribution in [2.24, 2.45) is 0 Å². The number of halogens is 1. The van der Waals surface area contributed by atoms with Gasteiger partial charge in [0.25, 0.3) is 0 Å². The van der Waals surface area contributed by atoms with E-state index in [1.165, 1.54) is 18.4 Å². The number of nitrogens with zero attached hydrogens (tertiary/aromatic N) is 1. The van der Waals surface area contributed by atoms with E-state index in [4.69, 9.17) is 9.15 Å². The monoisotopic (exact) mass is 375 g/mol. The van der Waals surface area contributed by atoms with Gasteiger partial charge in [0.05, 0.1) is 0 Å². The highest BCUT2D eigenvalue weighted by molar-refractivity contribution is 7.90. The SMILES string of the molecule is CCC(Oc1ccccc1)c1nc(-c2ccc(S(C)(=O)=O)c(F)c2)co1. The molecule has 0 saturated carbocycles. The van der Waals surface area contributed by atoms with Crippen LogP contribution >= 0.6 is 0 Å². The lowest BCUT2D eigenvalue weighted by Gasteiger charge is -2.13. The van der Waals surface area contributed by atoms with Crippen LogP contribution < -0.4 is 4.74 Å². The smallest absolute Gasteiger partial charge is 0.236 e. The molecule has 3 rings (SSSR count). The van der Waals surface area contributed by atoms with Crippen LogP contribution in [0.2, 0.25) is 0 Å². The van der Waals surface area contributed by atoms with Gasteiger partial charge in [-0.15, -0.1) is 0 Å². The molecular weight excluding hydrogens is 357 g/mol. The lowest BCUT2D eigenvalue weighted by atomic mass is 10.2. The zero-order chi connectivity index (χ0) is 18.7. The average Bonchev–Trinajstić information content (AvgIpc) is 3.09. The first-order valence-electron chi connectivity index (χ1n) is 8.05. The molecule has 0 N–H and O–H groups in total. The average molecular weight is 375 g/mol. The van der Waals surface area contributed by atoms with Crippen LogP contribution in [0.15, 0.2) is 64.1 Å². The van der Waals surface area contributed by atoms with Crippen molar-refractivity contribution >= 4 is 9.84 Å². The predicted octanol–water partition coefficient (Wildman–Crippen LogP) is 4.41. The molecular formula is C19H18FNO4S. The van der Waals surface area contributed by atoms with E-state index in [1.54, 1.807) is 0 Å². The van der Waals surface area contributed by atoms with Gasteiger partial charge >= 0.3 is 0 Å². The zero-order valence-electron chi connectivity index (χ0n) is 14.3. The maximum absolute atomic E-state index is 14.1. The summed E-state index contributed by atoms with van der Waals surface area (Å²) in [6, 6.07) is 13.2. The summed E-state index contributed by atoms with van der Waals surface area (Å²) in [7, 11) is -3.62. The largest absolute Gasteiger partial charge is 0.481 e. The molecule has 26 heavy (non-hydrogen) atoms. The van der Waals surface area contributed by atoms with Crippen LogP contribution in [0.4, 0.5) is 4.39 Å². The fourth-order valence-electron chi connectivity index (χ4n) is 2.50. The van der Waals surface area contributed by atoms with E-state index >= 15 is 0 Å². The Morgan fingerprint density at radius 2 is 1.92 bits per heavy atom. The van der Waals surface area contributed by atoms with Crippen LogP contribution in [-0.4, -0.2) is 19.7 Å². The van der Waals surface area contributed by atoms with Crippen LogP contribution in [0.5, 0.6) is 5.75 Å². The van der Waals surface area contributed by atoms with Gasteiger partial charge in [-0.25, -0.2) is 17.8 Å². The molecule has 0 aliphatic rings. The number of oxazole rings is 1. The van der Waals surface area contributed by atoms with Crippen molar-refractivity contribution in [1.82, 2.24) is 4.98 Å². The van der Waals surface area contributed by atoms with E-state index in [1.807, 2.05) is 37.3 Å². The molecule has 0 saturated heterocycles. The van der Waals surface area contributed by atoms with Crippen molar-refractivity contribution < 1.29 is 22.0 Å². The first-order valence-corrected chi connectivity index (χ1v) is 9.94. The molecule has 1 unspecified atom stereocenters. The number of para-hydroxylation sites is 1. The Balaban J connectivity index is 1.86. The molecule has 0 aliphatic heterocycles. The van der Waals surface area contributed by atoms with Crippen LogP contribution in [0.1, 0.15) is 25.3 Å². The second-order valence-electron chi connectivity index (χ2n) is 5.82. The zero-order valence-corrected chi connectivity index (χ0v) is 15.2. The molecule has 1 atom stereocenters. The summed E-state index contributed by atoms with van der Waals surface area (Å²) in [5, 5.41) is 0. The normalized spacial score (nSPS) is 12.7. The number of hydrogen-bond donors (Lipinski definition) is 0. The minimum absolute atomic E-state index is 0.344. The minimum Gasteiger partial charge on any atom is -0.481 e. The van der Waals surface area contributed by atoms with Gasteiger partial charge in [0, 0.05) is 11.8 Å². The molecule has 0 radical (unpaired) electrons. The minimum atomic E-state index is -3.62. The van der Waals surface area contributed by atoms with Gasteiger partial charge in [-0.05, 0) is 30.7 Å². The van der Waals surface area contributed by atoms with Crippen LogP contribution in [0.25, 0.3) is 11.3 Å². The molecule has 0 bridgehead atoms. The Morgan fingerprint density at radius 3 is 2.54 bits per heavy atom. The van der Waals surface area contributed by atoms with Crippen molar-refractivity contribution in [3.63, 3.8) is 0 Å². The second-order valence-corrected chi connectivity index (χ2v) is 7.80. The van der Waals surface area contributed by atoms with Crippen LogP contribution in [-0.2, 0) is 9.84 Å². The summed E-state index contributed by atoms with van der Waals surface area (Å²) in [4.78, 5) is 4.03. The molecule has 0 spiro atoms. The summed E-state index contributed by atoms with van der Waals surface area (Å²) in [6.45, 7) is 1.94. The van der Waals surface area contributed by atoms with Gasteiger partial charge in [0.1, 0.15) is 28.4 Å². The number of benzene rings is 2. The second kappa shape index (κ2) is 7.29. The molecule has 0 fully saturated rings. The van der Waals surface area contributed by atoms with Gasteiger partial charge < -0.3 is 9.15 Å². The Bertz CT molecular complexity index is 999. The summed E-state index contributed by atoms with van der Waals surface area (Å²) >= 11 is 0. The third-order valence-electron chi connectivity index (χ3n) is 3.82. The topological polar surface area (TPSA) is 69.4 Å². The molecule has 3 aromatic rings. The maximum Gasteiger partial charge on any atom is 0.236 e. The highest BCUT2D eigenvalue weighted by atomic mass is 32.2. The van der Waals surface area contributed by atoms with E-state index in [2.05, 4.69) is 4.98 Å². The summed E-state index contributed by atoms with van der Waals surface area (Å²) in [6.07, 6.45) is 2.62. The van der Waals surface area contributed by atoms with E-state index in [9.17, 15) is 12.8 Å². The predicted molar refractivity (Wildman–Crippen MR) is 95.1 cm³/mol. The van der Waals surface area contributed by atoms with Crippen molar-refractivity contribution in [2.75, 3.05) is 6.26 Å². The third-order valence-corrected chi connectivity index (χ3v) is 4.95. The number of rotatable bonds is 6. The fourth-order valence-corrected chi connectivity index (χ4v) is 3.23. The Labute approximate surface area is 151 Å². The van der Waals surface area contributed by atoms with Gasteiger partial charge in [-0.2, -0.15) is 0 Å². The molecule has 136 valence electrons. The number of aromatic nitrogens is 1. The Hall–Kier alpha value is -2.67. The molecule has 5 nitrogen and oxygen atoms in total. The first kappa shape index (κ1) is 18.1. The Morgan fingerprint density at radius 1 is 1.19 bits per heavy atom. The standard InChI is InChI=1S/C19H18FNO4S/c1-3-17(25-14-7-5-4-6-8-14)19-21-16(12-24-19)13-9-10-18(15(20)11-13)26(2,22)23/h4-12,17H,3H2,1-2H3. The molecule has 1 heterocycles. The van der Waals surface area contributed by atoms with Crippen LogP contribution in [0, 0.1) is 5.82 Å². The summed E-state index contributed by atoms with van der Waals surface area (Å²) in [5.74, 6) is 0.253. The first-order chi connectivity index (χ1) is 12.4. The van der Waals surface area contributed by atoms with Gasteiger partial charge in [-0.1, -0.05) is 31.2 Å². The number of hydrogen-bond acceptors (Lipinski definition) is 5. The molecule has 7 heteroatoms. The van der Waals surface area contributed by atoms with Gasteiger partial charge in [-0.3, -0.25) is 0 Å². The number of sulfone groups is 1. The van der Waals surface area contributed by atoms with Gasteiger partial charge in [0.2, 0.25) is 5.89 Å². The lowest BCUT2D eigenvalue weighted by molar-refractivity contribution is 0.165. The quantitative estimate of drug-likeness (QED) is 0.638. The van der Waals surface area contributed by atoms with E-state index in [-0.39, 0.29) is 11.0 Å². The van der Waals surface area contributed by atoms with Crippen LogP contribution in [0.3, 0.4) is 0 Å². The van der Waals surface area contributed by atoms with E-state index < -0.39 is 15.7 Å². The maximum atomic E-state index is 14.1. The summed E-state index contributed by atoms with van der Waals surface area (Å²) in [5.41, 5.74) is 0.841. The van der Waals surface area contributed by atoms with Gasteiger partial charge in [0.15, 0.2) is 15.9 Å². The van der Waals surface area contributed by atoms with Crippen molar-refractivity contribution in [3.8, 4) is 17.0 Å². The van der Waals surface area contributed by atoms with E-state index in [0.717, 1.165) is 12.3 Å². The highest BCUT2D eigenvalue weighted by Crippen LogP contribution is 2.28. The van der Waals surface area contributed by atoms with Crippen molar-refractivity contribution in [3.05, 3.63) is 66.5 Å².